The number of likely N-dealkylation sites (tertiary alicyclic amines) is 1. The molecule has 1 heterocycles. The Balaban J connectivity index is 2.73. The molecule has 78 valence electrons. The van der Waals surface area contributed by atoms with E-state index in [1.54, 1.807) is 13.8 Å². The summed E-state index contributed by atoms with van der Waals surface area (Å²) in [5, 5.41) is 8.88. The summed E-state index contributed by atoms with van der Waals surface area (Å²) in [6, 6.07) is 2.36. The summed E-state index contributed by atoms with van der Waals surface area (Å²) < 4.78 is 0. The maximum atomic E-state index is 12.0. The molecule has 1 aliphatic heterocycles. The minimum absolute atomic E-state index is 0.0211. The number of carbonyl (C=O) groups is 1. The second-order valence-corrected chi connectivity index (χ2v) is 4.58. The van der Waals surface area contributed by atoms with Gasteiger partial charge in [-0.15, -0.1) is 0 Å². The zero-order chi connectivity index (χ0) is 10.8. The summed E-state index contributed by atoms with van der Waals surface area (Å²) in [7, 11) is 0. The molecule has 0 N–H and O–H groups in total. The van der Waals surface area contributed by atoms with Crippen LogP contribution in [-0.4, -0.2) is 23.4 Å². The van der Waals surface area contributed by atoms with Crippen molar-refractivity contribution in [2.45, 2.75) is 46.1 Å². The van der Waals surface area contributed by atoms with E-state index < -0.39 is 5.41 Å². The molecule has 0 radical (unpaired) electrons. The lowest BCUT2D eigenvalue weighted by molar-refractivity contribution is -0.140. The van der Waals surface area contributed by atoms with Crippen LogP contribution in [0.2, 0.25) is 0 Å². The quantitative estimate of drug-likeness (QED) is 0.640. The van der Waals surface area contributed by atoms with E-state index in [4.69, 9.17) is 5.26 Å². The Morgan fingerprint density at radius 3 is 2.64 bits per heavy atom. The third-order valence-corrected chi connectivity index (χ3v) is 2.88. The first-order valence-electron chi connectivity index (χ1n) is 5.21. The fourth-order valence-electron chi connectivity index (χ4n) is 1.81. The number of nitrogens with zero attached hydrogens (tertiary/aromatic N) is 2. The predicted octanol–water partition coefficient (Wildman–Crippen LogP) is 1.94. The highest BCUT2D eigenvalue weighted by Gasteiger charge is 2.35. The second-order valence-electron chi connectivity index (χ2n) is 4.58. The summed E-state index contributed by atoms with van der Waals surface area (Å²) in [5.41, 5.74) is -0.869. The summed E-state index contributed by atoms with van der Waals surface area (Å²) in [6.07, 6.45) is 3.32. The van der Waals surface area contributed by atoms with Crippen LogP contribution in [0.4, 0.5) is 0 Å². The topological polar surface area (TPSA) is 44.1 Å². The van der Waals surface area contributed by atoms with Gasteiger partial charge in [-0.1, -0.05) is 0 Å². The molecule has 1 rings (SSSR count). The van der Waals surface area contributed by atoms with Gasteiger partial charge in [0.25, 0.3) is 0 Å². The number of amides is 1. The Bertz CT molecular complexity index is 265. The average Bonchev–Trinajstić information content (AvgIpc) is 2.17. The van der Waals surface area contributed by atoms with Crippen LogP contribution < -0.4 is 0 Å². The number of nitriles is 1. The number of piperidine rings is 1. The van der Waals surface area contributed by atoms with E-state index in [1.165, 1.54) is 6.42 Å². The molecule has 1 aliphatic rings. The van der Waals surface area contributed by atoms with Crippen molar-refractivity contribution in [3.8, 4) is 6.07 Å². The van der Waals surface area contributed by atoms with Crippen molar-refractivity contribution < 1.29 is 4.79 Å². The molecule has 0 aromatic rings. The van der Waals surface area contributed by atoms with Gasteiger partial charge in [0.15, 0.2) is 0 Å². The second kappa shape index (κ2) is 4.00. The monoisotopic (exact) mass is 194 g/mol. The van der Waals surface area contributed by atoms with Gasteiger partial charge in [0.1, 0.15) is 5.41 Å². The Hall–Kier alpha value is -1.04. The van der Waals surface area contributed by atoms with Gasteiger partial charge >= 0.3 is 0 Å². The van der Waals surface area contributed by atoms with E-state index in [0.29, 0.717) is 6.04 Å². The molecule has 14 heavy (non-hydrogen) atoms. The van der Waals surface area contributed by atoms with Gasteiger partial charge in [-0.2, -0.15) is 5.26 Å². The largest absolute Gasteiger partial charge is 0.339 e. The molecule has 0 aromatic carbocycles. The highest BCUT2D eigenvalue weighted by molar-refractivity contribution is 5.84. The van der Waals surface area contributed by atoms with E-state index in [2.05, 4.69) is 13.0 Å². The maximum absolute atomic E-state index is 12.0. The average molecular weight is 194 g/mol. The molecule has 0 saturated carbocycles. The fourth-order valence-corrected chi connectivity index (χ4v) is 1.81. The Labute approximate surface area is 85.7 Å². The number of rotatable bonds is 1. The zero-order valence-corrected chi connectivity index (χ0v) is 9.21. The molecule has 1 atom stereocenters. The van der Waals surface area contributed by atoms with Crippen molar-refractivity contribution in [1.82, 2.24) is 4.90 Å². The minimum atomic E-state index is -0.869. The SMILES string of the molecule is CC1CCCCN1C(=O)C(C)(C)C#N. The van der Waals surface area contributed by atoms with Gasteiger partial charge in [-0.05, 0) is 40.0 Å². The zero-order valence-electron chi connectivity index (χ0n) is 9.21. The van der Waals surface area contributed by atoms with Gasteiger partial charge in [0.05, 0.1) is 6.07 Å². The predicted molar refractivity (Wildman–Crippen MR) is 54.4 cm³/mol. The smallest absolute Gasteiger partial charge is 0.242 e. The molecule has 0 bridgehead atoms. The maximum Gasteiger partial charge on any atom is 0.242 e. The molecule has 0 aliphatic carbocycles. The molecule has 3 heteroatoms. The molecule has 0 spiro atoms. The third kappa shape index (κ3) is 2.06. The van der Waals surface area contributed by atoms with Gasteiger partial charge in [0.2, 0.25) is 5.91 Å². The molecule has 1 saturated heterocycles. The molecule has 0 aromatic heterocycles. The van der Waals surface area contributed by atoms with Crippen molar-refractivity contribution in [2.24, 2.45) is 5.41 Å². The van der Waals surface area contributed by atoms with E-state index in [1.807, 2.05) is 4.90 Å². The van der Waals surface area contributed by atoms with Gasteiger partial charge < -0.3 is 4.90 Å². The minimum Gasteiger partial charge on any atom is -0.339 e. The first-order valence-corrected chi connectivity index (χ1v) is 5.21. The Kier molecular flexibility index (Phi) is 3.15. The molecule has 3 nitrogen and oxygen atoms in total. The van der Waals surface area contributed by atoms with E-state index in [9.17, 15) is 4.79 Å². The van der Waals surface area contributed by atoms with Crippen LogP contribution in [0.3, 0.4) is 0 Å². The molecular formula is C11H18N2O. The molecule has 1 fully saturated rings. The Morgan fingerprint density at radius 1 is 1.50 bits per heavy atom. The van der Waals surface area contributed by atoms with Crippen molar-refractivity contribution >= 4 is 5.91 Å². The van der Waals surface area contributed by atoms with E-state index in [0.717, 1.165) is 19.4 Å². The van der Waals surface area contributed by atoms with E-state index >= 15 is 0 Å². The highest BCUT2D eigenvalue weighted by atomic mass is 16.2. The summed E-state index contributed by atoms with van der Waals surface area (Å²) >= 11 is 0. The lowest BCUT2D eigenvalue weighted by Gasteiger charge is -2.36. The van der Waals surface area contributed by atoms with Crippen molar-refractivity contribution in [3.63, 3.8) is 0 Å². The normalized spacial score (nSPS) is 23.0. The fraction of sp³-hybridized carbons (Fsp3) is 0.818. The molecule has 1 unspecified atom stereocenters. The van der Waals surface area contributed by atoms with Crippen LogP contribution in [-0.2, 0) is 4.79 Å². The first kappa shape index (κ1) is 11.0. The molecule has 1 amide bonds. The van der Waals surface area contributed by atoms with Crippen LogP contribution in [0.5, 0.6) is 0 Å². The van der Waals surface area contributed by atoms with Crippen LogP contribution in [0.1, 0.15) is 40.0 Å². The lowest BCUT2D eigenvalue weighted by atomic mass is 9.91. The molecular weight excluding hydrogens is 176 g/mol. The van der Waals surface area contributed by atoms with Crippen LogP contribution >= 0.6 is 0 Å². The lowest BCUT2D eigenvalue weighted by Crippen LogP contribution is -2.47. The van der Waals surface area contributed by atoms with Crippen LogP contribution in [0, 0.1) is 16.7 Å². The third-order valence-electron chi connectivity index (χ3n) is 2.88. The summed E-state index contributed by atoms with van der Waals surface area (Å²) in [6.45, 7) is 6.25. The van der Waals surface area contributed by atoms with Crippen LogP contribution in [0.25, 0.3) is 0 Å². The number of hydrogen-bond acceptors (Lipinski definition) is 2. The number of hydrogen-bond donors (Lipinski definition) is 0. The summed E-state index contributed by atoms with van der Waals surface area (Å²) in [5.74, 6) is -0.0211. The van der Waals surface area contributed by atoms with Gasteiger partial charge in [-0.3, -0.25) is 4.79 Å². The first-order chi connectivity index (χ1) is 6.49. The van der Waals surface area contributed by atoms with Gasteiger partial charge in [0, 0.05) is 12.6 Å². The van der Waals surface area contributed by atoms with Crippen molar-refractivity contribution in [1.29, 1.82) is 5.26 Å². The van der Waals surface area contributed by atoms with Crippen LogP contribution in [0.15, 0.2) is 0 Å². The summed E-state index contributed by atoms with van der Waals surface area (Å²) in [4.78, 5) is 13.8. The Morgan fingerprint density at radius 2 is 2.14 bits per heavy atom. The van der Waals surface area contributed by atoms with Crippen molar-refractivity contribution in [3.05, 3.63) is 0 Å². The van der Waals surface area contributed by atoms with Crippen molar-refractivity contribution in [2.75, 3.05) is 6.54 Å². The standard InChI is InChI=1S/C11H18N2O/c1-9-6-4-5-7-13(9)10(14)11(2,3)8-12/h9H,4-7H2,1-3H3. The number of carbonyl (C=O) groups excluding carboxylic acids is 1. The van der Waals surface area contributed by atoms with Gasteiger partial charge in [-0.25, -0.2) is 0 Å². The highest BCUT2D eigenvalue weighted by Crippen LogP contribution is 2.24. The van der Waals surface area contributed by atoms with E-state index in [-0.39, 0.29) is 5.91 Å².